The van der Waals surface area contributed by atoms with Gasteiger partial charge in [-0.1, -0.05) is 30.3 Å². The van der Waals surface area contributed by atoms with Gasteiger partial charge in [-0.2, -0.15) is 0 Å². The van der Waals surface area contributed by atoms with Gasteiger partial charge >= 0.3 is 0 Å². The monoisotopic (exact) mass is 237 g/mol. The number of piperidine rings is 1. The van der Waals surface area contributed by atoms with Crippen molar-refractivity contribution in [2.45, 2.75) is 25.3 Å². The molecule has 1 fully saturated rings. The van der Waals surface area contributed by atoms with Gasteiger partial charge in [-0.25, -0.2) is 0 Å². The van der Waals surface area contributed by atoms with Gasteiger partial charge in [0, 0.05) is 12.1 Å². The fourth-order valence-electron chi connectivity index (χ4n) is 3.48. The summed E-state index contributed by atoms with van der Waals surface area (Å²) in [6.07, 6.45) is 3.48. The van der Waals surface area contributed by atoms with E-state index in [9.17, 15) is 4.79 Å². The second kappa shape index (κ2) is 3.58. The summed E-state index contributed by atoms with van der Waals surface area (Å²) in [6, 6.07) is 12.8. The minimum atomic E-state index is 0.226. The van der Waals surface area contributed by atoms with Gasteiger partial charge in [-0.05, 0) is 41.7 Å². The SMILES string of the molecule is O=C1c2cccc3cccc(c23)C2CCCCN12. The molecule has 2 heterocycles. The number of hydrogen-bond donors (Lipinski definition) is 0. The molecule has 2 nitrogen and oxygen atoms in total. The highest BCUT2D eigenvalue weighted by molar-refractivity contribution is 6.10. The molecule has 0 saturated carbocycles. The average molecular weight is 237 g/mol. The highest BCUT2D eigenvalue weighted by atomic mass is 16.2. The number of benzene rings is 2. The molecule has 90 valence electrons. The first-order valence-electron chi connectivity index (χ1n) is 6.69. The van der Waals surface area contributed by atoms with Gasteiger partial charge in [0.15, 0.2) is 0 Å². The van der Waals surface area contributed by atoms with E-state index in [4.69, 9.17) is 0 Å². The average Bonchev–Trinajstić information content (AvgIpc) is 2.44. The van der Waals surface area contributed by atoms with Crippen molar-refractivity contribution < 1.29 is 4.79 Å². The molecule has 2 aliphatic heterocycles. The first kappa shape index (κ1) is 10.1. The van der Waals surface area contributed by atoms with E-state index in [0.29, 0.717) is 6.04 Å². The van der Waals surface area contributed by atoms with Crippen molar-refractivity contribution in [3.8, 4) is 0 Å². The molecule has 1 amide bonds. The quantitative estimate of drug-likeness (QED) is 0.686. The lowest BCUT2D eigenvalue weighted by molar-refractivity contribution is 0.0602. The zero-order valence-electron chi connectivity index (χ0n) is 10.2. The van der Waals surface area contributed by atoms with Crippen LogP contribution in [0.25, 0.3) is 10.8 Å². The highest BCUT2D eigenvalue weighted by Gasteiger charge is 2.34. The Morgan fingerprint density at radius 2 is 1.89 bits per heavy atom. The largest absolute Gasteiger partial charge is 0.332 e. The van der Waals surface area contributed by atoms with Gasteiger partial charge in [0.25, 0.3) is 5.91 Å². The molecule has 0 N–H and O–H groups in total. The molecular weight excluding hydrogens is 222 g/mol. The molecular formula is C16H15NO. The molecule has 18 heavy (non-hydrogen) atoms. The summed E-state index contributed by atoms with van der Waals surface area (Å²) in [5.41, 5.74) is 2.24. The first-order valence-corrected chi connectivity index (χ1v) is 6.69. The summed E-state index contributed by atoms with van der Waals surface area (Å²) in [5.74, 6) is 0.226. The second-order valence-electron chi connectivity index (χ2n) is 5.26. The maximum absolute atomic E-state index is 12.6. The molecule has 2 aromatic carbocycles. The third-order valence-corrected chi connectivity index (χ3v) is 4.29. The van der Waals surface area contributed by atoms with E-state index in [0.717, 1.165) is 24.9 Å². The van der Waals surface area contributed by atoms with Crippen LogP contribution in [0.1, 0.15) is 41.2 Å². The van der Waals surface area contributed by atoms with E-state index in [2.05, 4.69) is 29.2 Å². The first-order chi connectivity index (χ1) is 8.86. The molecule has 4 rings (SSSR count). The van der Waals surface area contributed by atoms with Crippen molar-refractivity contribution >= 4 is 16.7 Å². The summed E-state index contributed by atoms with van der Waals surface area (Å²) in [5, 5.41) is 2.39. The van der Waals surface area contributed by atoms with E-state index < -0.39 is 0 Å². The van der Waals surface area contributed by atoms with Gasteiger partial charge in [0.2, 0.25) is 0 Å². The van der Waals surface area contributed by atoms with Crippen molar-refractivity contribution in [2.24, 2.45) is 0 Å². The Kier molecular flexibility index (Phi) is 2.01. The van der Waals surface area contributed by atoms with Gasteiger partial charge < -0.3 is 4.90 Å². The van der Waals surface area contributed by atoms with E-state index in [1.165, 1.54) is 22.8 Å². The summed E-state index contributed by atoms with van der Waals surface area (Å²) in [7, 11) is 0. The fraction of sp³-hybridized carbons (Fsp3) is 0.312. The van der Waals surface area contributed by atoms with Crippen LogP contribution in [-0.2, 0) is 0 Å². The van der Waals surface area contributed by atoms with Crippen LogP contribution in [-0.4, -0.2) is 17.4 Å². The number of nitrogens with zero attached hydrogens (tertiary/aromatic N) is 1. The Morgan fingerprint density at radius 3 is 2.78 bits per heavy atom. The molecule has 0 radical (unpaired) electrons. The third kappa shape index (κ3) is 1.20. The number of hydrogen-bond acceptors (Lipinski definition) is 1. The minimum absolute atomic E-state index is 0.226. The number of carbonyl (C=O) groups excluding carboxylic acids is 1. The Hall–Kier alpha value is -1.83. The van der Waals surface area contributed by atoms with E-state index in [1.807, 2.05) is 12.1 Å². The topological polar surface area (TPSA) is 20.3 Å². The lowest BCUT2D eigenvalue weighted by Gasteiger charge is -2.40. The maximum Gasteiger partial charge on any atom is 0.255 e. The summed E-state index contributed by atoms with van der Waals surface area (Å²) >= 11 is 0. The van der Waals surface area contributed by atoms with E-state index in [-0.39, 0.29) is 5.91 Å². The molecule has 2 heteroatoms. The van der Waals surface area contributed by atoms with Crippen molar-refractivity contribution in [1.29, 1.82) is 0 Å². The summed E-state index contributed by atoms with van der Waals surface area (Å²) in [4.78, 5) is 14.6. The predicted octanol–water partition coefficient (Wildman–Crippen LogP) is 3.52. The van der Waals surface area contributed by atoms with E-state index in [1.54, 1.807) is 0 Å². The number of fused-ring (bicyclic) bond motifs is 2. The van der Waals surface area contributed by atoms with Gasteiger partial charge in [-0.3, -0.25) is 4.79 Å². The van der Waals surface area contributed by atoms with E-state index >= 15 is 0 Å². The number of carbonyl (C=O) groups is 1. The predicted molar refractivity (Wildman–Crippen MR) is 71.6 cm³/mol. The van der Waals surface area contributed by atoms with Crippen molar-refractivity contribution in [1.82, 2.24) is 4.90 Å². The molecule has 2 aromatic rings. The highest BCUT2D eigenvalue weighted by Crippen LogP contribution is 2.41. The molecule has 1 unspecified atom stereocenters. The Balaban J connectivity index is 2.07. The van der Waals surface area contributed by atoms with Crippen molar-refractivity contribution in [3.63, 3.8) is 0 Å². The van der Waals surface area contributed by atoms with Crippen LogP contribution in [0.2, 0.25) is 0 Å². The normalized spacial score (nSPS) is 22.1. The van der Waals surface area contributed by atoms with Crippen LogP contribution in [0, 0.1) is 0 Å². The van der Waals surface area contributed by atoms with Crippen LogP contribution < -0.4 is 0 Å². The standard InChI is InChI=1S/C16H15NO/c18-16-13-8-4-6-11-5-3-7-12(15(11)13)14-9-1-2-10-17(14)16/h3-8,14H,1-2,9-10H2. The fourth-order valence-corrected chi connectivity index (χ4v) is 3.48. The molecule has 0 aromatic heterocycles. The molecule has 2 aliphatic rings. The van der Waals surface area contributed by atoms with Crippen LogP contribution in [0.4, 0.5) is 0 Å². The molecule has 1 atom stereocenters. The Labute approximate surface area is 106 Å². The molecule has 0 aliphatic carbocycles. The summed E-state index contributed by atoms with van der Waals surface area (Å²) < 4.78 is 0. The number of amides is 1. The van der Waals surface area contributed by atoms with Gasteiger partial charge in [-0.15, -0.1) is 0 Å². The van der Waals surface area contributed by atoms with Crippen LogP contribution in [0.3, 0.4) is 0 Å². The van der Waals surface area contributed by atoms with Crippen LogP contribution in [0.15, 0.2) is 36.4 Å². The molecule has 0 bridgehead atoms. The van der Waals surface area contributed by atoms with Crippen molar-refractivity contribution in [3.05, 3.63) is 47.5 Å². The maximum atomic E-state index is 12.6. The zero-order chi connectivity index (χ0) is 12.1. The Bertz CT molecular complexity index is 641. The third-order valence-electron chi connectivity index (χ3n) is 4.29. The van der Waals surface area contributed by atoms with Gasteiger partial charge in [0.1, 0.15) is 0 Å². The zero-order valence-corrected chi connectivity index (χ0v) is 10.2. The lowest BCUT2D eigenvalue weighted by Crippen LogP contribution is -2.41. The van der Waals surface area contributed by atoms with Gasteiger partial charge in [0.05, 0.1) is 6.04 Å². The minimum Gasteiger partial charge on any atom is -0.332 e. The van der Waals surface area contributed by atoms with Crippen molar-refractivity contribution in [2.75, 3.05) is 6.54 Å². The molecule has 0 spiro atoms. The van der Waals surface area contributed by atoms with Crippen LogP contribution >= 0.6 is 0 Å². The number of rotatable bonds is 0. The summed E-state index contributed by atoms with van der Waals surface area (Å²) in [6.45, 7) is 0.911. The smallest absolute Gasteiger partial charge is 0.255 e. The lowest BCUT2D eigenvalue weighted by atomic mass is 9.85. The Morgan fingerprint density at radius 1 is 1.06 bits per heavy atom. The second-order valence-corrected chi connectivity index (χ2v) is 5.26. The van der Waals surface area contributed by atoms with Crippen LogP contribution in [0.5, 0.6) is 0 Å². The molecule has 1 saturated heterocycles.